The van der Waals surface area contributed by atoms with Crippen LogP contribution in [0.4, 0.5) is 0 Å². The Morgan fingerprint density at radius 3 is 2.72 bits per heavy atom. The number of rotatable bonds is 4. The third-order valence-electron chi connectivity index (χ3n) is 4.61. The van der Waals surface area contributed by atoms with Gasteiger partial charge in [0.05, 0.1) is 11.5 Å². The summed E-state index contributed by atoms with van der Waals surface area (Å²) in [7, 11) is -2.88. The molecule has 2 rings (SSSR count). The molecule has 0 aromatic carbocycles. The van der Waals surface area contributed by atoms with E-state index >= 15 is 0 Å². The molecule has 2 saturated heterocycles. The van der Waals surface area contributed by atoms with Crippen LogP contribution in [0.15, 0.2) is 0 Å². The van der Waals surface area contributed by atoms with Crippen molar-refractivity contribution in [3.8, 4) is 0 Å². The van der Waals surface area contributed by atoms with Gasteiger partial charge in [-0.2, -0.15) is 0 Å². The topological polar surface area (TPSA) is 63.4 Å². The lowest BCUT2D eigenvalue weighted by atomic mass is 9.88. The van der Waals surface area contributed by atoms with Crippen LogP contribution < -0.4 is 5.73 Å². The van der Waals surface area contributed by atoms with E-state index in [9.17, 15) is 8.42 Å². The Kier molecular flexibility index (Phi) is 4.34. The number of nitrogens with zero attached hydrogens (tertiary/aromatic N) is 1. The highest BCUT2D eigenvalue weighted by molar-refractivity contribution is 7.91. The van der Waals surface area contributed by atoms with E-state index in [0.717, 1.165) is 19.4 Å². The third-order valence-corrected chi connectivity index (χ3v) is 6.41. The van der Waals surface area contributed by atoms with Crippen molar-refractivity contribution < 1.29 is 8.42 Å². The molecule has 18 heavy (non-hydrogen) atoms. The predicted octanol–water partition coefficient (Wildman–Crippen LogP) is 1.16. The third kappa shape index (κ3) is 2.73. The standard InChI is InChI=1S/C13H26N2O2S/c1-2-5-12-6-3-4-8-15(12)13(10-14)7-9-18(16,17)11-13/h12H,2-11,14H2,1H3. The summed E-state index contributed by atoms with van der Waals surface area (Å²) in [4.78, 5) is 2.45. The van der Waals surface area contributed by atoms with Crippen LogP contribution in [-0.2, 0) is 9.84 Å². The van der Waals surface area contributed by atoms with Gasteiger partial charge in [0.25, 0.3) is 0 Å². The SMILES string of the molecule is CCCC1CCCCN1C1(CN)CCS(=O)(=O)C1. The van der Waals surface area contributed by atoms with Crippen molar-refractivity contribution in [1.29, 1.82) is 0 Å². The molecular formula is C13H26N2O2S. The van der Waals surface area contributed by atoms with E-state index in [1.807, 2.05) is 0 Å². The molecule has 106 valence electrons. The first-order chi connectivity index (χ1) is 8.53. The molecule has 2 aliphatic heterocycles. The highest BCUT2D eigenvalue weighted by atomic mass is 32.2. The van der Waals surface area contributed by atoms with E-state index in [-0.39, 0.29) is 11.3 Å². The first kappa shape index (κ1) is 14.3. The molecule has 0 bridgehead atoms. The molecule has 2 N–H and O–H groups in total. The number of nitrogens with two attached hydrogens (primary N) is 1. The largest absolute Gasteiger partial charge is 0.329 e. The molecule has 0 aromatic heterocycles. The highest BCUT2D eigenvalue weighted by Gasteiger charge is 2.47. The lowest BCUT2D eigenvalue weighted by Crippen LogP contribution is -2.60. The predicted molar refractivity (Wildman–Crippen MR) is 74.3 cm³/mol. The van der Waals surface area contributed by atoms with Gasteiger partial charge in [-0.1, -0.05) is 19.8 Å². The summed E-state index contributed by atoms with van der Waals surface area (Å²) in [5.41, 5.74) is 5.71. The minimum absolute atomic E-state index is 0.265. The molecule has 0 aromatic rings. The zero-order chi connectivity index (χ0) is 13.2. The second-order valence-corrected chi connectivity index (χ2v) is 8.09. The number of hydrogen-bond donors (Lipinski definition) is 1. The Bertz CT molecular complexity index is 380. The van der Waals surface area contributed by atoms with Crippen molar-refractivity contribution in [1.82, 2.24) is 4.90 Å². The van der Waals surface area contributed by atoms with Crippen molar-refractivity contribution in [2.24, 2.45) is 5.73 Å². The lowest BCUT2D eigenvalue weighted by molar-refractivity contribution is 0.0335. The molecule has 5 heteroatoms. The van der Waals surface area contributed by atoms with E-state index in [1.165, 1.54) is 25.7 Å². The molecule has 4 nitrogen and oxygen atoms in total. The van der Waals surface area contributed by atoms with Crippen LogP contribution in [0, 0.1) is 0 Å². The zero-order valence-corrected chi connectivity index (χ0v) is 12.2. The summed E-state index contributed by atoms with van der Waals surface area (Å²) in [5.74, 6) is 0.594. The summed E-state index contributed by atoms with van der Waals surface area (Å²) in [5, 5.41) is 0. The van der Waals surface area contributed by atoms with E-state index in [4.69, 9.17) is 5.73 Å². The van der Waals surface area contributed by atoms with Crippen molar-refractivity contribution in [3.63, 3.8) is 0 Å². The summed E-state index contributed by atoms with van der Waals surface area (Å²) >= 11 is 0. The van der Waals surface area contributed by atoms with E-state index in [0.29, 0.717) is 18.3 Å². The van der Waals surface area contributed by atoms with Gasteiger partial charge in [0, 0.05) is 18.1 Å². The minimum Gasteiger partial charge on any atom is -0.329 e. The Morgan fingerprint density at radius 2 is 2.17 bits per heavy atom. The Hall–Kier alpha value is -0.130. The Morgan fingerprint density at radius 1 is 1.39 bits per heavy atom. The monoisotopic (exact) mass is 274 g/mol. The first-order valence-electron chi connectivity index (χ1n) is 7.20. The maximum absolute atomic E-state index is 11.8. The normalized spacial score (nSPS) is 36.9. The van der Waals surface area contributed by atoms with Crippen LogP contribution in [-0.4, -0.2) is 49.5 Å². The number of likely N-dealkylation sites (tertiary alicyclic amines) is 1. The summed E-state index contributed by atoms with van der Waals surface area (Å²) in [6.07, 6.45) is 6.72. The molecule has 2 fully saturated rings. The fourth-order valence-corrected chi connectivity index (χ4v) is 5.74. The zero-order valence-electron chi connectivity index (χ0n) is 11.4. The summed E-state index contributed by atoms with van der Waals surface area (Å²) < 4.78 is 23.7. The summed E-state index contributed by atoms with van der Waals surface area (Å²) in [6, 6.07) is 0.542. The van der Waals surface area contributed by atoms with Crippen molar-refractivity contribution in [2.75, 3.05) is 24.6 Å². The van der Waals surface area contributed by atoms with Crippen LogP contribution in [0.5, 0.6) is 0 Å². The molecule has 0 aliphatic carbocycles. The van der Waals surface area contributed by atoms with Crippen molar-refractivity contribution in [3.05, 3.63) is 0 Å². The van der Waals surface area contributed by atoms with Crippen molar-refractivity contribution in [2.45, 2.75) is 57.0 Å². The molecule has 0 saturated carbocycles. The first-order valence-corrected chi connectivity index (χ1v) is 9.02. The van der Waals surface area contributed by atoms with Crippen LogP contribution in [0.3, 0.4) is 0 Å². The molecule has 0 amide bonds. The molecule has 2 unspecified atom stereocenters. The van der Waals surface area contributed by atoms with Crippen LogP contribution in [0.2, 0.25) is 0 Å². The second-order valence-electron chi connectivity index (χ2n) is 5.90. The minimum atomic E-state index is -2.88. The van der Waals surface area contributed by atoms with Crippen LogP contribution in [0.25, 0.3) is 0 Å². The summed E-state index contributed by atoms with van der Waals surface area (Å²) in [6.45, 7) is 3.71. The lowest BCUT2D eigenvalue weighted by Gasteiger charge is -2.47. The quantitative estimate of drug-likeness (QED) is 0.835. The maximum Gasteiger partial charge on any atom is 0.152 e. The highest BCUT2D eigenvalue weighted by Crippen LogP contribution is 2.35. The van der Waals surface area contributed by atoms with Crippen LogP contribution >= 0.6 is 0 Å². The van der Waals surface area contributed by atoms with Gasteiger partial charge < -0.3 is 5.73 Å². The van der Waals surface area contributed by atoms with E-state index < -0.39 is 9.84 Å². The van der Waals surface area contributed by atoms with Gasteiger partial charge in [0.15, 0.2) is 9.84 Å². The molecule has 2 atom stereocenters. The number of hydrogen-bond acceptors (Lipinski definition) is 4. The van der Waals surface area contributed by atoms with Gasteiger partial charge in [-0.25, -0.2) is 8.42 Å². The van der Waals surface area contributed by atoms with Gasteiger partial charge in [0.1, 0.15) is 0 Å². The van der Waals surface area contributed by atoms with E-state index in [1.54, 1.807) is 0 Å². The average molecular weight is 274 g/mol. The van der Waals surface area contributed by atoms with E-state index in [2.05, 4.69) is 11.8 Å². The molecule has 0 spiro atoms. The molecule has 2 aliphatic rings. The van der Waals surface area contributed by atoms with Gasteiger partial charge >= 0.3 is 0 Å². The molecule has 2 heterocycles. The molecule has 0 radical (unpaired) electrons. The number of piperidine rings is 1. The fraction of sp³-hybridized carbons (Fsp3) is 1.00. The Labute approximate surface area is 111 Å². The average Bonchev–Trinajstić information content (AvgIpc) is 2.67. The maximum atomic E-state index is 11.8. The second kappa shape index (κ2) is 5.47. The van der Waals surface area contributed by atoms with Gasteiger partial charge in [0.2, 0.25) is 0 Å². The van der Waals surface area contributed by atoms with Crippen LogP contribution in [0.1, 0.15) is 45.4 Å². The Balaban J connectivity index is 2.20. The smallest absolute Gasteiger partial charge is 0.152 e. The van der Waals surface area contributed by atoms with Gasteiger partial charge in [-0.05, 0) is 32.2 Å². The molecular weight excluding hydrogens is 248 g/mol. The number of sulfone groups is 1. The van der Waals surface area contributed by atoms with Gasteiger partial charge in [-0.3, -0.25) is 4.90 Å². The fourth-order valence-electron chi connectivity index (χ4n) is 3.66. The van der Waals surface area contributed by atoms with Crippen molar-refractivity contribution >= 4 is 9.84 Å². The van der Waals surface area contributed by atoms with Gasteiger partial charge in [-0.15, -0.1) is 0 Å².